The Kier molecular flexibility index (Phi) is 2.72. The summed E-state index contributed by atoms with van der Waals surface area (Å²) in [5.41, 5.74) is 2.21. The van der Waals surface area contributed by atoms with Crippen LogP contribution in [0.1, 0.15) is 22.9 Å². The van der Waals surface area contributed by atoms with Gasteiger partial charge in [-0.3, -0.25) is 0 Å². The third-order valence-electron chi connectivity index (χ3n) is 2.79. The Bertz CT molecular complexity index is 520. The second-order valence-corrected chi connectivity index (χ2v) is 6.00. The van der Waals surface area contributed by atoms with Crippen molar-refractivity contribution in [2.24, 2.45) is 0 Å². The van der Waals surface area contributed by atoms with Crippen LogP contribution in [0.3, 0.4) is 0 Å². The summed E-state index contributed by atoms with van der Waals surface area (Å²) in [4.78, 5) is 0. The monoisotopic (exact) mass is 273 g/mol. The van der Waals surface area contributed by atoms with Gasteiger partial charge in [0.1, 0.15) is 5.76 Å². The van der Waals surface area contributed by atoms with Gasteiger partial charge < -0.3 is 9.73 Å². The minimum Gasteiger partial charge on any atom is -0.469 e. The number of furan rings is 1. The van der Waals surface area contributed by atoms with Gasteiger partial charge in [0.2, 0.25) is 0 Å². The van der Waals surface area contributed by atoms with Gasteiger partial charge in [-0.25, -0.2) is 0 Å². The van der Waals surface area contributed by atoms with Crippen molar-refractivity contribution in [1.29, 1.82) is 0 Å². The molecule has 0 aromatic carbocycles. The number of thiophene rings is 1. The summed E-state index contributed by atoms with van der Waals surface area (Å²) in [5, 5.41) is 3.44. The Labute approximate surface area is 107 Å². The predicted octanol–water partition coefficient (Wildman–Crippen LogP) is 3.88. The van der Waals surface area contributed by atoms with E-state index in [4.69, 9.17) is 27.6 Å². The number of nitrogens with one attached hydrogen (secondary N) is 1. The van der Waals surface area contributed by atoms with E-state index in [0.717, 1.165) is 33.0 Å². The Morgan fingerprint density at radius 3 is 3.00 bits per heavy atom. The lowest BCUT2D eigenvalue weighted by molar-refractivity contribution is 0.456. The Hall–Kier alpha value is -0.480. The summed E-state index contributed by atoms with van der Waals surface area (Å²) < 4.78 is 6.91. The third kappa shape index (κ3) is 1.68. The van der Waals surface area contributed by atoms with Crippen molar-refractivity contribution in [3.63, 3.8) is 0 Å². The molecule has 2 nitrogen and oxygen atoms in total. The summed E-state index contributed by atoms with van der Waals surface area (Å²) in [7, 11) is 0. The lowest BCUT2D eigenvalue weighted by atomic mass is 9.97. The van der Waals surface area contributed by atoms with Crippen LogP contribution in [0.15, 0.2) is 22.8 Å². The molecule has 16 heavy (non-hydrogen) atoms. The summed E-state index contributed by atoms with van der Waals surface area (Å²) >= 11 is 13.5. The highest BCUT2D eigenvalue weighted by Crippen LogP contribution is 2.39. The van der Waals surface area contributed by atoms with E-state index in [9.17, 15) is 0 Å². The van der Waals surface area contributed by atoms with E-state index in [1.807, 2.05) is 12.1 Å². The molecule has 0 amide bonds. The molecule has 1 N–H and O–H groups in total. The van der Waals surface area contributed by atoms with Gasteiger partial charge in [0.15, 0.2) is 0 Å². The summed E-state index contributed by atoms with van der Waals surface area (Å²) in [6, 6.07) is 4.03. The lowest BCUT2D eigenvalue weighted by Gasteiger charge is -2.22. The average molecular weight is 274 g/mol. The molecule has 2 aromatic rings. The van der Waals surface area contributed by atoms with Crippen LogP contribution in [0.25, 0.3) is 0 Å². The van der Waals surface area contributed by atoms with Crippen LogP contribution in [-0.4, -0.2) is 6.54 Å². The number of hydrogen-bond acceptors (Lipinski definition) is 3. The zero-order chi connectivity index (χ0) is 11.1. The van der Waals surface area contributed by atoms with Crippen LogP contribution in [0.4, 0.5) is 0 Å². The molecule has 84 valence electrons. The van der Waals surface area contributed by atoms with Crippen LogP contribution in [0.5, 0.6) is 0 Å². The molecular formula is C11H9Cl2NOS. The molecule has 0 saturated carbocycles. The van der Waals surface area contributed by atoms with Gasteiger partial charge in [-0.05, 0) is 12.1 Å². The van der Waals surface area contributed by atoms with Gasteiger partial charge in [0.05, 0.1) is 21.0 Å². The first-order valence-corrected chi connectivity index (χ1v) is 6.57. The molecular weight excluding hydrogens is 265 g/mol. The molecule has 0 bridgehead atoms. The first-order valence-electron chi connectivity index (χ1n) is 5.00. The number of halogens is 2. The molecule has 0 spiro atoms. The van der Waals surface area contributed by atoms with Crippen molar-refractivity contribution in [1.82, 2.24) is 5.32 Å². The maximum absolute atomic E-state index is 6.18. The highest BCUT2D eigenvalue weighted by atomic mass is 35.5. The Morgan fingerprint density at radius 1 is 1.38 bits per heavy atom. The zero-order valence-electron chi connectivity index (χ0n) is 8.30. The van der Waals surface area contributed by atoms with E-state index in [2.05, 4.69) is 5.32 Å². The number of rotatable bonds is 1. The molecule has 3 heterocycles. The van der Waals surface area contributed by atoms with Gasteiger partial charge >= 0.3 is 0 Å². The summed E-state index contributed by atoms with van der Waals surface area (Å²) in [6.07, 6.45) is 2.65. The first kappa shape index (κ1) is 10.7. The van der Waals surface area contributed by atoms with E-state index in [-0.39, 0.29) is 6.04 Å². The highest BCUT2D eigenvalue weighted by molar-refractivity contribution is 7.20. The molecule has 1 atom stereocenters. The minimum absolute atomic E-state index is 0.110. The molecule has 3 rings (SSSR count). The fraction of sp³-hybridized carbons (Fsp3) is 0.273. The van der Waals surface area contributed by atoms with Crippen LogP contribution in [0, 0.1) is 0 Å². The number of hydrogen-bond donors (Lipinski definition) is 1. The SMILES string of the molecule is Clc1cc(C2NCCc3occc32)c(Cl)s1. The Balaban J connectivity index is 2.07. The maximum Gasteiger partial charge on any atom is 0.110 e. The second-order valence-electron chi connectivity index (χ2n) is 3.72. The van der Waals surface area contributed by atoms with Crippen molar-refractivity contribution in [2.45, 2.75) is 12.5 Å². The van der Waals surface area contributed by atoms with Gasteiger partial charge in [-0.15, -0.1) is 11.3 Å². The van der Waals surface area contributed by atoms with Crippen molar-refractivity contribution in [2.75, 3.05) is 6.54 Å². The van der Waals surface area contributed by atoms with Crippen molar-refractivity contribution < 1.29 is 4.42 Å². The lowest BCUT2D eigenvalue weighted by Crippen LogP contribution is -2.29. The molecule has 0 fully saturated rings. The largest absolute Gasteiger partial charge is 0.469 e. The summed E-state index contributed by atoms with van der Waals surface area (Å²) in [6.45, 7) is 0.898. The van der Waals surface area contributed by atoms with Gasteiger partial charge in [-0.1, -0.05) is 23.2 Å². The minimum atomic E-state index is 0.110. The van der Waals surface area contributed by atoms with Crippen LogP contribution in [0.2, 0.25) is 8.67 Å². The Morgan fingerprint density at radius 2 is 2.25 bits per heavy atom. The normalized spacial score (nSPS) is 19.8. The van der Waals surface area contributed by atoms with E-state index in [0.29, 0.717) is 0 Å². The van der Waals surface area contributed by atoms with Crippen molar-refractivity contribution in [3.05, 3.63) is 44.0 Å². The molecule has 0 radical (unpaired) electrons. The third-order valence-corrected chi connectivity index (χ3v) is 4.30. The average Bonchev–Trinajstić information content (AvgIpc) is 2.84. The molecule has 0 aliphatic carbocycles. The molecule has 0 saturated heterocycles. The number of fused-ring (bicyclic) bond motifs is 1. The molecule has 1 unspecified atom stereocenters. The second kappa shape index (κ2) is 4.08. The topological polar surface area (TPSA) is 25.2 Å². The fourth-order valence-electron chi connectivity index (χ4n) is 2.08. The predicted molar refractivity (Wildman–Crippen MR) is 66.6 cm³/mol. The standard InChI is InChI=1S/C11H9Cl2NOS/c12-9-5-7(11(13)16-9)10-6-2-4-15-8(6)1-3-14-10/h2,4-5,10,14H,1,3H2. The highest BCUT2D eigenvalue weighted by Gasteiger charge is 2.26. The van der Waals surface area contributed by atoms with Gasteiger partial charge in [-0.2, -0.15) is 0 Å². The van der Waals surface area contributed by atoms with Crippen molar-refractivity contribution >= 4 is 34.5 Å². The molecule has 1 aliphatic heterocycles. The summed E-state index contributed by atoms with van der Waals surface area (Å²) in [5.74, 6) is 1.04. The van der Waals surface area contributed by atoms with E-state index >= 15 is 0 Å². The quantitative estimate of drug-likeness (QED) is 0.853. The van der Waals surface area contributed by atoms with E-state index in [1.165, 1.54) is 16.9 Å². The van der Waals surface area contributed by atoms with Crippen LogP contribution < -0.4 is 5.32 Å². The van der Waals surface area contributed by atoms with Crippen LogP contribution >= 0.6 is 34.5 Å². The van der Waals surface area contributed by atoms with E-state index < -0.39 is 0 Å². The fourth-order valence-corrected chi connectivity index (χ4v) is 3.61. The van der Waals surface area contributed by atoms with Gasteiger partial charge in [0.25, 0.3) is 0 Å². The molecule has 2 aromatic heterocycles. The zero-order valence-corrected chi connectivity index (χ0v) is 10.6. The maximum atomic E-state index is 6.18. The smallest absolute Gasteiger partial charge is 0.110 e. The van der Waals surface area contributed by atoms with Crippen LogP contribution in [-0.2, 0) is 6.42 Å². The van der Waals surface area contributed by atoms with Crippen molar-refractivity contribution in [3.8, 4) is 0 Å². The van der Waals surface area contributed by atoms with Gasteiger partial charge in [0, 0.05) is 24.1 Å². The molecule has 5 heteroatoms. The first-order chi connectivity index (χ1) is 7.75. The molecule has 1 aliphatic rings. The van der Waals surface area contributed by atoms with E-state index in [1.54, 1.807) is 6.26 Å².